The van der Waals surface area contributed by atoms with E-state index in [2.05, 4.69) is 18.7 Å². The number of unbranched alkanes of at least 4 members (excludes halogenated alkanes) is 9. The molecule has 1 aliphatic rings. The smallest absolute Gasteiger partial charge is 0.00952 e. The zero-order valence-electron chi connectivity index (χ0n) is 20.7. The average Bonchev–Trinajstić information content (AvgIpc) is 2.76. The van der Waals surface area contributed by atoms with E-state index in [0.717, 1.165) is 6.04 Å². The van der Waals surface area contributed by atoms with Crippen molar-refractivity contribution >= 4 is 0 Å². The molecule has 1 nitrogen and oxygen atoms in total. The van der Waals surface area contributed by atoms with Crippen molar-refractivity contribution in [3.63, 3.8) is 0 Å². The lowest BCUT2D eigenvalue weighted by molar-refractivity contribution is 0.163. The van der Waals surface area contributed by atoms with Crippen molar-refractivity contribution in [3.8, 4) is 0 Å². The maximum absolute atomic E-state index is 2.96. The lowest BCUT2D eigenvalue weighted by Crippen LogP contribution is -2.37. The topological polar surface area (TPSA) is 3.24 Å². The highest BCUT2D eigenvalue weighted by atomic mass is 15.1. The van der Waals surface area contributed by atoms with E-state index in [-0.39, 0.29) is 0 Å². The lowest BCUT2D eigenvalue weighted by atomic mass is 9.98. The lowest BCUT2D eigenvalue weighted by Gasteiger charge is -2.32. The minimum Gasteiger partial charge on any atom is -0.300 e. The van der Waals surface area contributed by atoms with E-state index < -0.39 is 0 Å². The second kappa shape index (κ2) is 21.2. The van der Waals surface area contributed by atoms with Gasteiger partial charge in [-0.2, -0.15) is 0 Å². The first-order valence-corrected chi connectivity index (χ1v) is 14.1. The Morgan fingerprint density at radius 1 is 0.448 bits per heavy atom. The first-order chi connectivity index (χ1) is 14.4. The van der Waals surface area contributed by atoms with Crippen LogP contribution in [0.2, 0.25) is 0 Å². The molecule has 0 aliphatic carbocycles. The Kier molecular flexibility index (Phi) is 19.7. The van der Waals surface area contributed by atoms with Crippen molar-refractivity contribution in [2.45, 2.75) is 168 Å². The summed E-state index contributed by atoms with van der Waals surface area (Å²) in [4.78, 5) is 2.96. The van der Waals surface area contributed by atoms with Gasteiger partial charge in [0.15, 0.2) is 0 Å². The standard InChI is InChI=1S/C28H57N/c1-3-5-7-9-17-21-25-28(24-20-16-8-6-4-2)29-26-22-18-14-12-10-11-13-15-19-23-27-29/h28H,3-27H2,1-2H3. The second-order valence-corrected chi connectivity index (χ2v) is 9.98. The van der Waals surface area contributed by atoms with Crippen LogP contribution in [0.1, 0.15) is 162 Å². The summed E-state index contributed by atoms with van der Waals surface area (Å²) >= 11 is 0. The SMILES string of the molecule is CCCCCCCCC(CCCCCCC)N1CCCCCCCCCCCC1. The van der Waals surface area contributed by atoms with Gasteiger partial charge in [-0.1, -0.05) is 136 Å². The predicted octanol–water partition coefficient (Wildman–Crippen LogP) is 9.68. The third-order valence-corrected chi connectivity index (χ3v) is 7.19. The summed E-state index contributed by atoms with van der Waals surface area (Å²) in [5.74, 6) is 0. The molecule has 174 valence electrons. The van der Waals surface area contributed by atoms with Gasteiger partial charge in [0.25, 0.3) is 0 Å². The van der Waals surface area contributed by atoms with E-state index >= 15 is 0 Å². The third-order valence-electron chi connectivity index (χ3n) is 7.19. The molecule has 0 N–H and O–H groups in total. The van der Waals surface area contributed by atoms with E-state index in [1.807, 2.05) is 0 Å². The Bertz CT molecular complexity index is 299. The van der Waals surface area contributed by atoms with Gasteiger partial charge in [0.1, 0.15) is 0 Å². The molecular weight excluding hydrogens is 350 g/mol. The Labute approximate surface area is 185 Å². The number of hydrogen-bond acceptors (Lipinski definition) is 1. The molecule has 0 aromatic heterocycles. The van der Waals surface area contributed by atoms with Crippen LogP contribution < -0.4 is 0 Å². The zero-order valence-corrected chi connectivity index (χ0v) is 20.7. The van der Waals surface area contributed by atoms with Crippen LogP contribution in [0.25, 0.3) is 0 Å². The summed E-state index contributed by atoms with van der Waals surface area (Å²) in [5.41, 5.74) is 0. The molecule has 0 saturated carbocycles. The molecule has 0 spiro atoms. The van der Waals surface area contributed by atoms with Crippen molar-refractivity contribution in [1.82, 2.24) is 4.90 Å². The van der Waals surface area contributed by atoms with Gasteiger partial charge in [0, 0.05) is 6.04 Å². The maximum Gasteiger partial charge on any atom is 0.00952 e. The molecule has 0 amide bonds. The molecule has 0 bridgehead atoms. The van der Waals surface area contributed by atoms with Gasteiger partial charge in [-0.05, 0) is 38.8 Å². The quantitative estimate of drug-likeness (QED) is 0.259. The predicted molar refractivity (Wildman–Crippen MR) is 133 cm³/mol. The fourth-order valence-electron chi connectivity index (χ4n) is 5.17. The van der Waals surface area contributed by atoms with Crippen LogP contribution in [-0.4, -0.2) is 24.0 Å². The van der Waals surface area contributed by atoms with Gasteiger partial charge in [0.2, 0.25) is 0 Å². The van der Waals surface area contributed by atoms with Crippen LogP contribution in [0.15, 0.2) is 0 Å². The molecule has 1 atom stereocenters. The Morgan fingerprint density at radius 3 is 1.21 bits per heavy atom. The monoisotopic (exact) mass is 407 g/mol. The molecule has 0 aromatic carbocycles. The molecule has 1 heterocycles. The maximum atomic E-state index is 2.96. The van der Waals surface area contributed by atoms with Crippen LogP contribution in [0.5, 0.6) is 0 Å². The highest BCUT2D eigenvalue weighted by Crippen LogP contribution is 2.21. The summed E-state index contributed by atoms with van der Waals surface area (Å²) in [6, 6.07) is 0.882. The van der Waals surface area contributed by atoms with Gasteiger partial charge in [-0.25, -0.2) is 0 Å². The third kappa shape index (κ3) is 16.3. The van der Waals surface area contributed by atoms with E-state index in [1.54, 1.807) is 0 Å². The first kappa shape index (κ1) is 27.0. The fraction of sp³-hybridized carbons (Fsp3) is 1.00. The van der Waals surface area contributed by atoms with E-state index in [1.165, 1.54) is 161 Å². The van der Waals surface area contributed by atoms with Gasteiger partial charge in [-0.15, -0.1) is 0 Å². The van der Waals surface area contributed by atoms with Crippen LogP contribution in [0, 0.1) is 0 Å². The first-order valence-electron chi connectivity index (χ1n) is 14.1. The van der Waals surface area contributed by atoms with Crippen LogP contribution in [0.4, 0.5) is 0 Å². The van der Waals surface area contributed by atoms with Crippen molar-refractivity contribution in [1.29, 1.82) is 0 Å². The Balaban J connectivity index is 2.48. The molecule has 1 rings (SSSR count). The summed E-state index contributed by atoms with van der Waals surface area (Å²) in [7, 11) is 0. The summed E-state index contributed by atoms with van der Waals surface area (Å²) < 4.78 is 0. The summed E-state index contributed by atoms with van der Waals surface area (Å²) in [6.45, 7) is 7.43. The molecule has 0 aromatic rings. The molecule has 1 saturated heterocycles. The Morgan fingerprint density at radius 2 is 0.793 bits per heavy atom. The molecule has 1 fully saturated rings. The zero-order chi connectivity index (χ0) is 20.8. The van der Waals surface area contributed by atoms with Crippen LogP contribution in [-0.2, 0) is 0 Å². The fourth-order valence-corrected chi connectivity index (χ4v) is 5.17. The van der Waals surface area contributed by atoms with Gasteiger partial charge in [-0.3, -0.25) is 0 Å². The average molecular weight is 408 g/mol. The van der Waals surface area contributed by atoms with Crippen molar-refractivity contribution in [3.05, 3.63) is 0 Å². The highest BCUT2D eigenvalue weighted by molar-refractivity contribution is 4.73. The second-order valence-electron chi connectivity index (χ2n) is 9.98. The number of hydrogen-bond donors (Lipinski definition) is 0. The Hall–Kier alpha value is -0.0400. The number of rotatable bonds is 14. The van der Waals surface area contributed by atoms with Gasteiger partial charge in [0.05, 0.1) is 0 Å². The normalized spacial score (nSPS) is 19.2. The van der Waals surface area contributed by atoms with Gasteiger partial charge < -0.3 is 4.90 Å². The highest BCUT2D eigenvalue weighted by Gasteiger charge is 2.17. The van der Waals surface area contributed by atoms with E-state index in [0.29, 0.717) is 0 Å². The van der Waals surface area contributed by atoms with Crippen molar-refractivity contribution in [2.24, 2.45) is 0 Å². The van der Waals surface area contributed by atoms with Crippen molar-refractivity contribution < 1.29 is 0 Å². The molecule has 1 heteroatoms. The molecular formula is C28H57N. The summed E-state index contributed by atoms with van der Waals surface area (Å²) in [5, 5.41) is 0. The minimum absolute atomic E-state index is 0.882. The molecule has 29 heavy (non-hydrogen) atoms. The van der Waals surface area contributed by atoms with Crippen LogP contribution >= 0.6 is 0 Å². The number of nitrogens with zero attached hydrogens (tertiary/aromatic N) is 1. The van der Waals surface area contributed by atoms with E-state index in [9.17, 15) is 0 Å². The van der Waals surface area contributed by atoms with Gasteiger partial charge >= 0.3 is 0 Å². The van der Waals surface area contributed by atoms with E-state index in [4.69, 9.17) is 0 Å². The van der Waals surface area contributed by atoms with Crippen LogP contribution in [0.3, 0.4) is 0 Å². The molecule has 0 radical (unpaired) electrons. The largest absolute Gasteiger partial charge is 0.300 e. The molecule has 1 aliphatic heterocycles. The van der Waals surface area contributed by atoms with Crippen molar-refractivity contribution in [2.75, 3.05) is 13.1 Å². The molecule has 1 unspecified atom stereocenters. The summed E-state index contributed by atoms with van der Waals surface area (Å²) in [6.07, 6.45) is 33.6. The minimum atomic E-state index is 0.882.